The number of rotatable bonds is 11. The molecule has 6 heteroatoms. The normalized spacial score (nSPS) is 11.1. The molecule has 0 N–H and O–H groups in total. The molecule has 0 saturated heterocycles. The lowest BCUT2D eigenvalue weighted by molar-refractivity contribution is 0.104. The number of methoxy groups -OCH3 is 3. The van der Waals surface area contributed by atoms with Crippen molar-refractivity contribution < 1.29 is 23.7 Å². The van der Waals surface area contributed by atoms with E-state index < -0.39 is 0 Å². The van der Waals surface area contributed by atoms with Crippen molar-refractivity contribution in [1.29, 1.82) is 0 Å². The molecule has 0 aliphatic carbocycles. The first-order chi connectivity index (χ1) is 17.3. The first-order valence-corrected chi connectivity index (χ1v) is 11.8. The number of carbonyl (C=O) groups is 1. The van der Waals surface area contributed by atoms with Gasteiger partial charge in [0, 0.05) is 12.1 Å². The van der Waals surface area contributed by atoms with Crippen LogP contribution in [0.4, 0.5) is 0 Å². The second kappa shape index (κ2) is 12.3. The average Bonchev–Trinajstić information content (AvgIpc) is 2.85. The van der Waals surface area contributed by atoms with Crippen LogP contribution in [0.1, 0.15) is 27.0 Å². The van der Waals surface area contributed by atoms with E-state index in [2.05, 4.69) is 32.0 Å². The van der Waals surface area contributed by atoms with Gasteiger partial charge in [0.25, 0.3) is 0 Å². The van der Waals surface area contributed by atoms with Crippen molar-refractivity contribution in [2.75, 3.05) is 48.6 Å². The third kappa shape index (κ3) is 6.46. The summed E-state index contributed by atoms with van der Waals surface area (Å²) in [6.45, 7) is 5.36. The largest absolute Gasteiger partial charge is 0.493 e. The first-order valence-electron chi connectivity index (χ1n) is 11.8. The van der Waals surface area contributed by atoms with Gasteiger partial charge in [0.05, 0.1) is 26.9 Å². The number of hydrogen-bond acceptors (Lipinski definition) is 6. The second-order valence-corrected chi connectivity index (χ2v) is 8.86. The van der Waals surface area contributed by atoms with Crippen LogP contribution in [0.25, 0.3) is 17.2 Å². The minimum atomic E-state index is -0.169. The van der Waals surface area contributed by atoms with Crippen LogP contribution < -0.4 is 18.9 Å². The fourth-order valence-electron chi connectivity index (χ4n) is 4.02. The van der Waals surface area contributed by atoms with Crippen LogP contribution >= 0.6 is 0 Å². The maximum absolute atomic E-state index is 13.5. The molecule has 0 atom stereocenters. The third-order valence-corrected chi connectivity index (χ3v) is 5.75. The van der Waals surface area contributed by atoms with Gasteiger partial charge < -0.3 is 23.8 Å². The lowest BCUT2D eigenvalue weighted by Crippen LogP contribution is -2.20. The average molecular weight is 490 g/mol. The quantitative estimate of drug-likeness (QED) is 0.249. The van der Waals surface area contributed by atoms with Crippen LogP contribution in [-0.4, -0.2) is 59.3 Å². The predicted octanol–water partition coefficient (Wildman–Crippen LogP) is 5.83. The van der Waals surface area contributed by atoms with Crippen molar-refractivity contribution in [2.24, 2.45) is 0 Å². The molecule has 36 heavy (non-hydrogen) atoms. The van der Waals surface area contributed by atoms with E-state index in [0.29, 0.717) is 40.7 Å². The van der Waals surface area contributed by atoms with Gasteiger partial charge in [-0.05, 0) is 75.5 Å². The van der Waals surface area contributed by atoms with Crippen molar-refractivity contribution in [3.05, 3.63) is 76.9 Å². The zero-order chi connectivity index (χ0) is 26.2. The maximum atomic E-state index is 13.5. The van der Waals surface area contributed by atoms with Crippen LogP contribution in [0, 0.1) is 13.8 Å². The standard InChI is InChI=1S/C30H35NO5/c1-20-16-21(2)18-24(17-20)23-10-12-27(36-15-14-31(3)4)25(19-23)26(32)11-8-22-9-13-28(33-5)30(35-7)29(22)34-6/h8-13,16-19H,14-15H2,1-7H3/b11-8+. The van der Waals surface area contributed by atoms with Crippen molar-refractivity contribution in [2.45, 2.75) is 13.8 Å². The summed E-state index contributed by atoms with van der Waals surface area (Å²) < 4.78 is 22.4. The Morgan fingerprint density at radius 1 is 0.806 bits per heavy atom. The lowest BCUT2D eigenvalue weighted by atomic mass is 9.97. The molecule has 0 heterocycles. The molecule has 0 spiro atoms. The number of benzene rings is 3. The Labute approximate surface area is 214 Å². The molecule has 0 aliphatic rings. The van der Waals surface area contributed by atoms with Gasteiger partial charge in [0.1, 0.15) is 12.4 Å². The molecule has 0 saturated carbocycles. The van der Waals surface area contributed by atoms with Gasteiger partial charge in [-0.25, -0.2) is 0 Å². The molecule has 0 aromatic heterocycles. The number of allylic oxidation sites excluding steroid dienone is 1. The second-order valence-electron chi connectivity index (χ2n) is 8.86. The Morgan fingerprint density at radius 3 is 2.08 bits per heavy atom. The molecule has 6 nitrogen and oxygen atoms in total. The van der Waals surface area contributed by atoms with E-state index in [1.807, 2.05) is 43.3 Å². The maximum Gasteiger partial charge on any atom is 0.203 e. The van der Waals surface area contributed by atoms with Crippen molar-refractivity contribution >= 4 is 11.9 Å². The highest BCUT2D eigenvalue weighted by Crippen LogP contribution is 2.40. The van der Waals surface area contributed by atoms with Crippen LogP contribution in [0.3, 0.4) is 0 Å². The van der Waals surface area contributed by atoms with Crippen molar-refractivity contribution in [1.82, 2.24) is 4.90 Å². The van der Waals surface area contributed by atoms with Crippen LogP contribution in [0.5, 0.6) is 23.0 Å². The van der Waals surface area contributed by atoms with Crippen LogP contribution in [0.2, 0.25) is 0 Å². The van der Waals surface area contributed by atoms with Gasteiger partial charge in [0.2, 0.25) is 5.75 Å². The number of ether oxygens (including phenoxy) is 4. The lowest BCUT2D eigenvalue weighted by Gasteiger charge is -2.15. The number of ketones is 1. The Bertz CT molecular complexity index is 1230. The molecule has 0 bridgehead atoms. The van der Waals surface area contributed by atoms with E-state index in [-0.39, 0.29) is 5.78 Å². The first kappa shape index (κ1) is 26.8. The summed E-state index contributed by atoms with van der Waals surface area (Å²) in [6.07, 6.45) is 3.25. The summed E-state index contributed by atoms with van der Waals surface area (Å²) in [7, 11) is 8.64. The predicted molar refractivity (Wildman–Crippen MR) is 145 cm³/mol. The molecule has 190 valence electrons. The molecule has 0 radical (unpaired) electrons. The SMILES string of the molecule is COc1ccc(/C=C/C(=O)c2cc(-c3cc(C)cc(C)c3)ccc2OCCN(C)C)c(OC)c1OC. The molecule has 3 aromatic rings. The minimum absolute atomic E-state index is 0.169. The Balaban J connectivity index is 2.01. The van der Waals surface area contributed by atoms with Gasteiger partial charge in [-0.15, -0.1) is 0 Å². The fourth-order valence-corrected chi connectivity index (χ4v) is 4.02. The Hall–Kier alpha value is -3.77. The third-order valence-electron chi connectivity index (χ3n) is 5.75. The highest BCUT2D eigenvalue weighted by Gasteiger charge is 2.16. The van der Waals surface area contributed by atoms with Crippen LogP contribution in [-0.2, 0) is 0 Å². The molecule has 0 unspecified atom stereocenters. The minimum Gasteiger partial charge on any atom is -0.493 e. The van der Waals surface area contributed by atoms with Gasteiger partial charge in [-0.1, -0.05) is 35.4 Å². The smallest absolute Gasteiger partial charge is 0.203 e. The van der Waals surface area contributed by atoms with E-state index in [9.17, 15) is 4.79 Å². The molecule has 0 fully saturated rings. The topological polar surface area (TPSA) is 57.2 Å². The molecule has 0 aliphatic heterocycles. The summed E-state index contributed by atoms with van der Waals surface area (Å²) >= 11 is 0. The summed E-state index contributed by atoms with van der Waals surface area (Å²) in [5.74, 6) is 1.90. The number of carbonyl (C=O) groups excluding carboxylic acids is 1. The van der Waals surface area contributed by atoms with Gasteiger partial charge >= 0.3 is 0 Å². The summed E-state index contributed by atoms with van der Waals surface area (Å²) in [4.78, 5) is 15.5. The van der Waals surface area contributed by atoms with E-state index in [1.54, 1.807) is 33.5 Å². The number of likely N-dealkylation sites (N-methyl/N-ethyl adjacent to an activating group) is 1. The van der Waals surface area contributed by atoms with Gasteiger partial charge in [-0.2, -0.15) is 0 Å². The highest BCUT2D eigenvalue weighted by atomic mass is 16.5. The summed E-state index contributed by atoms with van der Waals surface area (Å²) in [5, 5.41) is 0. The summed E-state index contributed by atoms with van der Waals surface area (Å²) in [5.41, 5.74) is 5.56. The number of hydrogen-bond donors (Lipinski definition) is 0. The number of nitrogens with zero attached hydrogens (tertiary/aromatic N) is 1. The summed E-state index contributed by atoms with van der Waals surface area (Å²) in [6, 6.07) is 15.7. The van der Waals surface area contributed by atoms with Crippen molar-refractivity contribution in [3.8, 4) is 34.1 Å². The fraction of sp³-hybridized carbons (Fsp3) is 0.300. The van der Waals surface area contributed by atoms with Crippen LogP contribution in [0.15, 0.2) is 54.6 Å². The molecular weight excluding hydrogens is 454 g/mol. The van der Waals surface area contributed by atoms with E-state index in [0.717, 1.165) is 17.7 Å². The van der Waals surface area contributed by atoms with E-state index >= 15 is 0 Å². The van der Waals surface area contributed by atoms with Crippen molar-refractivity contribution in [3.63, 3.8) is 0 Å². The van der Waals surface area contributed by atoms with E-state index in [1.165, 1.54) is 17.2 Å². The molecule has 3 rings (SSSR count). The Morgan fingerprint density at radius 2 is 1.47 bits per heavy atom. The molecular formula is C30H35NO5. The number of aryl methyl sites for hydroxylation is 2. The Kier molecular flexibility index (Phi) is 9.14. The zero-order valence-corrected chi connectivity index (χ0v) is 22.2. The zero-order valence-electron chi connectivity index (χ0n) is 22.2. The molecule has 3 aromatic carbocycles. The van der Waals surface area contributed by atoms with E-state index in [4.69, 9.17) is 18.9 Å². The highest BCUT2D eigenvalue weighted by molar-refractivity contribution is 6.09. The monoisotopic (exact) mass is 489 g/mol. The van der Waals surface area contributed by atoms with Gasteiger partial charge in [0.15, 0.2) is 17.3 Å². The van der Waals surface area contributed by atoms with Gasteiger partial charge in [-0.3, -0.25) is 4.79 Å². The molecule has 0 amide bonds.